The van der Waals surface area contributed by atoms with Crippen LogP contribution in [0.5, 0.6) is 11.5 Å². The van der Waals surface area contributed by atoms with E-state index in [2.05, 4.69) is 21.2 Å². The number of rotatable bonds is 6. The molecule has 2 aromatic rings. The lowest BCUT2D eigenvalue weighted by Gasteiger charge is -2.14. The van der Waals surface area contributed by atoms with Crippen molar-refractivity contribution in [1.82, 2.24) is 0 Å². The molecule has 0 aliphatic heterocycles. The quantitative estimate of drug-likeness (QED) is 0.702. The third-order valence-corrected chi connectivity index (χ3v) is 4.12. The van der Waals surface area contributed by atoms with Crippen molar-refractivity contribution in [1.29, 1.82) is 0 Å². The highest BCUT2D eigenvalue weighted by Gasteiger charge is 2.17. The van der Waals surface area contributed by atoms with Crippen molar-refractivity contribution in [3.8, 4) is 11.5 Å². The van der Waals surface area contributed by atoms with Gasteiger partial charge in [-0.1, -0.05) is 39.1 Å². The Bertz CT molecular complexity index is 830. The number of benzene rings is 2. The Balaban J connectivity index is 2.27. The molecule has 0 unspecified atom stereocenters. The van der Waals surface area contributed by atoms with E-state index in [1.165, 1.54) is 19.2 Å². The second-order valence-electron chi connectivity index (χ2n) is 4.82. The Morgan fingerprint density at radius 3 is 2.52 bits per heavy atom. The molecule has 25 heavy (non-hydrogen) atoms. The van der Waals surface area contributed by atoms with Crippen molar-refractivity contribution >= 4 is 56.6 Å². The van der Waals surface area contributed by atoms with Gasteiger partial charge in [-0.3, -0.25) is 9.59 Å². The fraction of sp³-hybridized carbons (Fsp3) is 0.125. The first-order chi connectivity index (χ1) is 11.8. The van der Waals surface area contributed by atoms with Crippen LogP contribution in [0, 0.1) is 0 Å². The predicted octanol–water partition coefficient (Wildman–Crippen LogP) is 3.88. The van der Waals surface area contributed by atoms with Gasteiger partial charge in [-0.05, 0) is 30.3 Å². The van der Waals surface area contributed by atoms with Crippen molar-refractivity contribution in [3.63, 3.8) is 0 Å². The average Bonchev–Trinajstić information content (AvgIpc) is 2.55. The van der Waals surface area contributed by atoms with Gasteiger partial charge in [0.05, 0.1) is 22.8 Å². The summed E-state index contributed by atoms with van der Waals surface area (Å²) in [6, 6.07) is 7.89. The molecule has 0 atom stereocenters. The molecule has 0 bridgehead atoms. The zero-order valence-electron chi connectivity index (χ0n) is 12.9. The summed E-state index contributed by atoms with van der Waals surface area (Å²) in [5.74, 6) is -0.780. The molecule has 2 amide bonds. The summed E-state index contributed by atoms with van der Waals surface area (Å²) >= 11 is 15.5. The van der Waals surface area contributed by atoms with Crippen molar-refractivity contribution in [2.24, 2.45) is 5.73 Å². The minimum atomic E-state index is -0.662. The molecule has 0 saturated carbocycles. The lowest BCUT2D eigenvalue weighted by molar-refractivity contribution is -0.119. The Hall–Kier alpha value is -1.96. The molecular formula is C16H13BrCl2N2O4. The number of nitrogens with two attached hydrogens (primary N) is 1. The molecule has 6 nitrogen and oxygen atoms in total. The van der Waals surface area contributed by atoms with E-state index in [0.717, 1.165) is 4.47 Å². The van der Waals surface area contributed by atoms with Gasteiger partial charge in [0.15, 0.2) is 18.1 Å². The fourth-order valence-electron chi connectivity index (χ4n) is 1.92. The van der Waals surface area contributed by atoms with Crippen LogP contribution in [0.3, 0.4) is 0 Å². The second kappa shape index (κ2) is 8.42. The smallest absolute Gasteiger partial charge is 0.255 e. The number of amides is 2. The third-order valence-electron chi connectivity index (χ3n) is 3.03. The molecule has 2 aromatic carbocycles. The van der Waals surface area contributed by atoms with Crippen molar-refractivity contribution in [2.45, 2.75) is 0 Å². The van der Waals surface area contributed by atoms with Crippen LogP contribution >= 0.6 is 39.1 Å². The molecule has 0 spiro atoms. The van der Waals surface area contributed by atoms with Crippen LogP contribution in [0.2, 0.25) is 10.0 Å². The van der Waals surface area contributed by atoms with Gasteiger partial charge in [0.25, 0.3) is 11.8 Å². The Labute approximate surface area is 162 Å². The van der Waals surface area contributed by atoms with E-state index in [1.807, 2.05) is 0 Å². The van der Waals surface area contributed by atoms with Crippen molar-refractivity contribution < 1.29 is 19.1 Å². The molecule has 132 valence electrons. The number of anilines is 1. The molecule has 2 rings (SSSR count). The van der Waals surface area contributed by atoms with Gasteiger partial charge < -0.3 is 20.5 Å². The number of carbonyl (C=O) groups excluding carboxylic acids is 2. The van der Waals surface area contributed by atoms with Gasteiger partial charge >= 0.3 is 0 Å². The van der Waals surface area contributed by atoms with E-state index in [9.17, 15) is 9.59 Å². The molecule has 3 N–H and O–H groups in total. The van der Waals surface area contributed by atoms with Crippen LogP contribution < -0.4 is 20.5 Å². The molecular weight excluding hydrogens is 435 g/mol. The highest BCUT2D eigenvalue weighted by atomic mass is 79.9. The van der Waals surface area contributed by atoms with Gasteiger partial charge in [-0.15, -0.1) is 0 Å². The molecule has 0 heterocycles. The number of carbonyl (C=O) groups is 2. The highest BCUT2D eigenvalue weighted by Crippen LogP contribution is 2.37. The first-order valence-corrected chi connectivity index (χ1v) is 8.41. The molecule has 0 aliphatic rings. The zero-order valence-corrected chi connectivity index (χ0v) is 16.0. The molecule has 9 heteroatoms. The molecule has 0 aliphatic carbocycles. The minimum Gasteiger partial charge on any atom is -0.493 e. The van der Waals surface area contributed by atoms with Gasteiger partial charge in [0, 0.05) is 10.0 Å². The zero-order chi connectivity index (χ0) is 18.6. The van der Waals surface area contributed by atoms with Crippen molar-refractivity contribution in [2.75, 3.05) is 19.0 Å². The molecule has 0 saturated heterocycles. The summed E-state index contributed by atoms with van der Waals surface area (Å²) in [4.78, 5) is 23.3. The number of nitrogens with one attached hydrogen (secondary N) is 1. The summed E-state index contributed by atoms with van der Waals surface area (Å²) in [5, 5.41) is 3.16. The minimum absolute atomic E-state index is 0.104. The summed E-state index contributed by atoms with van der Waals surface area (Å²) in [6.07, 6.45) is 0. The van der Waals surface area contributed by atoms with Gasteiger partial charge in [-0.2, -0.15) is 0 Å². The van der Waals surface area contributed by atoms with Crippen LogP contribution in [0.25, 0.3) is 0 Å². The van der Waals surface area contributed by atoms with E-state index in [-0.39, 0.29) is 28.7 Å². The van der Waals surface area contributed by atoms with Crippen LogP contribution in [0.1, 0.15) is 10.4 Å². The highest BCUT2D eigenvalue weighted by molar-refractivity contribution is 9.10. The summed E-state index contributed by atoms with van der Waals surface area (Å²) in [7, 11) is 1.38. The first kappa shape index (κ1) is 19.4. The number of halogens is 3. The van der Waals surface area contributed by atoms with Gasteiger partial charge in [-0.25, -0.2) is 0 Å². The van der Waals surface area contributed by atoms with E-state index in [4.69, 9.17) is 38.4 Å². The van der Waals surface area contributed by atoms with Crippen LogP contribution in [0.4, 0.5) is 5.69 Å². The number of ether oxygens (including phenoxy) is 2. The molecule has 0 fully saturated rings. The summed E-state index contributed by atoms with van der Waals surface area (Å²) in [6.45, 7) is -0.365. The number of hydrogen-bond acceptors (Lipinski definition) is 4. The number of hydrogen-bond donors (Lipinski definition) is 2. The maximum absolute atomic E-state index is 12.4. The predicted molar refractivity (Wildman–Crippen MR) is 99.8 cm³/mol. The monoisotopic (exact) mass is 446 g/mol. The Kier molecular flexibility index (Phi) is 6.52. The second-order valence-corrected chi connectivity index (χ2v) is 6.55. The summed E-state index contributed by atoms with van der Waals surface area (Å²) in [5.41, 5.74) is 5.72. The van der Waals surface area contributed by atoms with Gasteiger partial charge in [0.1, 0.15) is 0 Å². The lowest BCUT2D eigenvalue weighted by Crippen LogP contribution is -2.20. The van der Waals surface area contributed by atoms with Crippen LogP contribution in [-0.2, 0) is 4.79 Å². The summed E-state index contributed by atoms with van der Waals surface area (Å²) < 4.78 is 11.2. The van der Waals surface area contributed by atoms with Crippen molar-refractivity contribution in [3.05, 3.63) is 50.4 Å². The van der Waals surface area contributed by atoms with Crippen LogP contribution in [-0.4, -0.2) is 25.5 Å². The topological polar surface area (TPSA) is 90.7 Å². The maximum Gasteiger partial charge on any atom is 0.255 e. The van der Waals surface area contributed by atoms with E-state index < -0.39 is 11.8 Å². The van der Waals surface area contributed by atoms with Crippen LogP contribution in [0.15, 0.2) is 34.8 Å². The third kappa shape index (κ3) is 5.01. The first-order valence-electron chi connectivity index (χ1n) is 6.87. The maximum atomic E-state index is 12.4. The fourth-order valence-corrected chi connectivity index (χ4v) is 2.91. The average molecular weight is 448 g/mol. The van der Waals surface area contributed by atoms with E-state index in [0.29, 0.717) is 10.7 Å². The van der Waals surface area contributed by atoms with Gasteiger partial charge in [0.2, 0.25) is 0 Å². The SMILES string of the molecule is COc1cc(C(=O)Nc2ccc(Br)cc2Cl)cc(Cl)c1OCC(N)=O. The van der Waals surface area contributed by atoms with E-state index in [1.54, 1.807) is 18.2 Å². The normalized spacial score (nSPS) is 10.2. The Morgan fingerprint density at radius 1 is 1.20 bits per heavy atom. The number of primary amides is 1. The Morgan fingerprint density at radius 2 is 1.92 bits per heavy atom. The molecule has 0 radical (unpaired) electrons. The molecule has 0 aromatic heterocycles. The lowest BCUT2D eigenvalue weighted by atomic mass is 10.1. The largest absolute Gasteiger partial charge is 0.493 e. The standard InChI is InChI=1S/C16H13BrCl2N2O4/c1-24-13-5-8(4-11(19)15(13)25-7-14(20)22)16(23)21-12-3-2-9(17)6-10(12)18/h2-6H,7H2,1H3,(H2,20,22)(H,21,23). The number of methoxy groups -OCH3 is 1. The van der Waals surface area contributed by atoms with E-state index >= 15 is 0 Å².